The molecule has 0 aliphatic rings. The number of alkyl halides is 2. The van der Waals surface area contributed by atoms with Gasteiger partial charge in [0.15, 0.2) is 0 Å². The van der Waals surface area contributed by atoms with E-state index in [1.807, 2.05) is 19.9 Å². The second-order valence-corrected chi connectivity index (χ2v) is 4.00. The lowest BCUT2D eigenvalue weighted by Crippen LogP contribution is -2.02. The molecule has 0 aliphatic heterocycles. The number of benzene rings is 1. The molecule has 0 atom stereocenters. The number of ether oxygens (including phenoxy) is 1. The minimum absolute atomic E-state index is 0.113. The molecule has 0 radical (unpaired) electrons. The van der Waals surface area contributed by atoms with Gasteiger partial charge in [-0.05, 0) is 44.2 Å². The number of hydrogen-bond acceptors (Lipinski definition) is 4. The maximum atomic E-state index is 12.0. The van der Waals surface area contributed by atoms with Crippen LogP contribution >= 0.6 is 0 Å². The van der Waals surface area contributed by atoms with Crippen molar-refractivity contribution in [2.24, 2.45) is 0 Å². The van der Waals surface area contributed by atoms with E-state index in [0.29, 0.717) is 11.6 Å². The Bertz CT molecular complexity index is 538. The highest BCUT2D eigenvalue weighted by atomic mass is 19.3. The van der Waals surface area contributed by atoms with E-state index >= 15 is 0 Å². The molecule has 0 saturated heterocycles. The third-order valence-electron chi connectivity index (χ3n) is 2.32. The largest absolute Gasteiger partial charge is 0.435 e. The van der Waals surface area contributed by atoms with Gasteiger partial charge in [-0.15, -0.1) is 0 Å². The van der Waals surface area contributed by atoms with Gasteiger partial charge in [-0.2, -0.15) is 8.78 Å². The quantitative estimate of drug-likeness (QED) is 0.919. The van der Waals surface area contributed by atoms with Crippen LogP contribution < -0.4 is 10.1 Å². The Morgan fingerprint density at radius 2 is 1.63 bits per heavy atom. The summed E-state index contributed by atoms with van der Waals surface area (Å²) in [5, 5.41) is 3.00. The van der Waals surface area contributed by atoms with E-state index in [1.54, 1.807) is 12.1 Å². The molecule has 0 aliphatic carbocycles. The Kier molecular flexibility index (Phi) is 3.89. The molecule has 1 N–H and O–H groups in total. The molecular formula is C13H13F2N3O. The Labute approximate surface area is 109 Å². The second-order valence-electron chi connectivity index (χ2n) is 4.00. The van der Waals surface area contributed by atoms with Crippen molar-refractivity contribution in [2.45, 2.75) is 20.5 Å². The van der Waals surface area contributed by atoms with Gasteiger partial charge in [0, 0.05) is 17.1 Å². The molecule has 2 aromatic rings. The van der Waals surface area contributed by atoms with Crippen molar-refractivity contribution in [3.05, 3.63) is 41.7 Å². The van der Waals surface area contributed by atoms with Crippen molar-refractivity contribution in [2.75, 3.05) is 5.32 Å². The summed E-state index contributed by atoms with van der Waals surface area (Å²) in [5.74, 6) is 0.585. The van der Waals surface area contributed by atoms with Crippen LogP contribution in [-0.4, -0.2) is 16.6 Å². The molecule has 0 spiro atoms. The molecule has 19 heavy (non-hydrogen) atoms. The molecule has 1 aromatic carbocycles. The van der Waals surface area contributed by atoms with Crippen LogP contribution in [0, 0.1) is 13.8 Å². The standard InChI is InChI=1S/C13H13F2N3O/c1-8-7-9(2)17-13(16-8)18-10-3-5-11(6-4-10)19-12(14)15/h3-7,12H,1-2H3,(H,16,17,18). The maximum Gasteiger partial charge on any atom is 0.387 e. The van der Waals surface area contributed by atoms with Gasteiger partial charge >= 0.3 is 6.61 Å². The summed E-state index contributed by atoms with van der Waals surface area (Å²) in [5.41, 5.74) is 2.41. The Balaban J connectivity index is 2.10. The first kappa shape index (κ1) is 13.2. The first-order chi connectivity index (χ1) is 9.02. The number of nitrogens with zero attached hydrogens (tertiary/aromatic N) is 2. The monoisotopic (exact) mass is 265 g/mol. The van der Waals surface area contributed by atoms with Crippen molar-refractivity contribution >= 4 is 11.6 Å². The zero-order valence-electron chi connectivity index (χ0n) is 10.5. The van der Waals surface area contributed by atoms with Crippen LogP contribution in [0.3, 0.4) is 0 Å². The smallest absolute Gasteiger partial charge is 0.387 e. The highest BCUT2D eigenvalue weighted by molar-refractivity contribution is 5.54. The van der Waals surface area contributed by atoms with Crippen LogP contribution in [0.1, 0.15) is 11.4 Å². The summed E-state index contributed by atoms with van der Waals surface area (Å²) < 4.78 is 28.3. The summed E-state index contributed by atoms with van der Waals surface area (Å²) in [6.45, 7) is 0.931. The molecular weight excluding hydrogens is 252 g/mol. The summed E-state index contributed by atoms with van der Waals surface area (Å²) in [7, 11) is 0. The fourth-order valence-corrected chi connectivity index (χ4v) is 1.63. The summed E-state index contributed by atoms with van der Waals surface area (Å²) in [4.78, 5) is 8.45. The van der Waals surface area contributed by atoms with E-state index in [9.17, 15) is 8.78 Å². The zero-order valence-corrected chi connectivity index (χ0v) is 10.5. The second kappa shape index (κ2) is 5.60. The number of anilines is 2. The summed E-state index contributed by atoms with van der Waals surface area (Å²) in [6, 6.07) is 8.02. The number of hydrogen-bond donors (Lipinski definition) is 1. The van der Waals surface area contributed by atoms with Crippen molar-refractivity contribution in [3.8, 4) is 5.75 Å². The molecule has 6 heteroatoms. The molecule has 2 rings (SSSR count). The molecule has 100 valence electrons. The molecule has 0 saturated carbocycles. The van der Waals surface area contributed by atoms with Gasteiger partial charge in [0.2, 0.25) is 5.95 Å². The number of nitrogens with one attached hydrogen (secondary N) is 1. The van der Waals surface area contributed by atoms with Gasteiger partial charge < -0.3 is 10.1 Å². The molecule has 4 nitrogen and oxygen atoms in total. The highest BCUT2D eigenvalue weighted by Crippen LogP contribution is 2.19. The van der Waals surface area contributed by atoms with E-state index in [1.165, 1.54) is 12.1 Å². The minimum Gasteiger partial charge on any atom is -0.435 e. The molecule has 0 amide bonds. The third kappa shape index (κ3) is 3.87. The van der Waals surface area contributed by atoms with Crippen LogP contribution in [0.5, 0.6) is 5.75 Å². The molecule has 1 heterocycles. The maximum absolute atomic E-state index is 12.0. The average molecular weight is 265 g/mol. The van der Waals surface area contributed by atoms with E-state index in [0.717, 1.165) is 11.4 Å². The van der Waals surface area contributed by atoms with Gasteiger partial charge in [0.05, 0.1) is 0 Å². The number of aryl methyl sites for hydroxylation is 2. The average Bonchev–Trinajstić information content (AvgIpc) is 2.29. The fourth-order valence-electron chi connectivity index (χ4n) is 1.63. The van der Waals surface area contributed by atoms with E-state index < -0.39 is 6.61 Å². The minimum atomic E-state index is -2.82. The number of rotatable bonds is 4. The van der Waals surface area contributed by atoms with E-state index in [-0.39, 0.29) is 5.75 Å². The Hall–Kier alpha value is -2.24. The van der Waals surface area contributed by atoms with Gasteiger partial charge in [0.1, 0.15) is 5.75 Å². The third-order valence-corrected chi connectivity index (χ3v) is 2.32. The first-order valence-electron chi connectivity index (χ1n) is 5.67. The fraction of sp³-hybridized carbons (Fsp3) is 0.231. The van der Waals surface area contributed by atoms with Crippen molar-refractivity contribution in [1.29, 1.82) is 0 Å². The topological polar surface area (TPSA) is 47.0 Å². The lowest BCUT2D eigenvalue weighted by molar-refractivity contribution is -0.0498. The van der Waals surface area contributed by atoms with Crippen LogP contribution in [0.2, 0.25) is 0 Å². The number of aromatic nitrogens is 2. The van der Waals surface area contributed by atoms with Crippen molar-refractivity contribution in [3.63, 3.8) is 0 Å². The lowest BCUT2D eigenvalue weighted by Gasteiger charge is -2.08. The van der Waals surface area contributed by atoms with Crippen LogP contribution in [-0.2, 0) is 0 Å². The Morgan fingerprint density at radius 1 is 1.05 bits per heavy atom. The van der Waals surface area contributed by atoms with Crippen molar-refractivity contribution < 1.29 is 13.5 Å². The van der Waals surface area contributed by atoms with Crippen LogP contribution in [0.25, 0.3) is 0 Å². The SMILES string of the molecule is Cc1cc(C)nc(Nc2ccc(OC(F)F)cc2)n1. The lowest BCUT2D eigenvalue weighted by atomic mass is 10.3. The number of halogens is 2. The van der Waals surface area contributed by atoms with E-state index in [2.05, 4.69) is 20.0 Å². The molecule has 0 unspecified atom stereocenters. The molecule has 1 aromatic heterocycles. The predicted molar refractivity (Wildman–Crippen MR) is 67.9 cm³/mol. The molecule has 0 fully saturated rings. The predicted octanol–water partition coefficient (Wildman–Crippen LogP) is 3.44. The van der Waals surface area contributed by atoms with Crippen LogP contribution in [0.15, 0.2) is 30.3 Å². The van der Waals surface area contributed by atoms with Crippen molar-refractivity contribution in [1.82, 2.24) is 9.97 Å². The highest BCUT2D eigenvalue weighted by Gasteiger charge is 2.04. The molecule has 0 bridgehead atoms. The van der Waals surface area contributed by atoms with Crippen LogP contribution in [0.4, 0.5) is 20.4 Å². The van der Waals surface area contributed by atoms with Gasteiger partial charge in [-0.3, -0.25) is 0 Å². The van der Waals surface area contributed by atoms with Gasteiger partial charge in [0.25, 0.3) is 0 Å². The zero-order chi connectivity index (χ0) is 13.8. The van der Waals surface area contributed by atoms with Gasteiger partial charge in [-0.1, -0.05) is 0 Å². The Morgan fingerprint density at radius 3 is 2.16 bits per heavy atom. The van der Waals surface area contributed by atoms with E-state index in [4.69, 9.17) is 0 Å². The normalized spacial score (nSPS) is 10.6. The summed E-state index contributed by atoms with van der Waals surface area (Å²) in [6.07, 6.45) is 0. The first-order valence-corrected chi connectivity index (χ1v) is 5.67. The van der Waals surface area contributed by atoms with Gasteiger partial charge in [-0.25, -0.2) is 9.97 Å². The summed E-state index contributed by atoms with van der Waals surface area (Å²) >= 11 is 0.